The molecule has 0 aliphatic carbocycles. The van der Waals surface area contributed by atoms with Gasteiger partial charge < -0.3 is 15.4 Å². The molecule has 92 valence electrons. The van der Waals surface area contributed by atoms with Gasteiger partial charge in [-0.1, -0.05) is 0 Å². The molecule has 16 heavy (non-hydrogen) atoms. The van der Waals surface area contributed by atoms with Gasteiger partial charge >= 0.3 is 0 Å². The normalized spacial score (nSPS) is 17.2. The van der Waals surface area contributed by atoms with Crippen LogP contribution in [0.4, 0.5) is 0 Å². The molecule has 1 aliphatic rings. The molecule has 5 heteroatoms. The van der Waals surface area contributed by atoms with E-state index in [1.165, 1.54) is 0 Å². The molecule has 1 aliphatic heterocycles. The first kappa shape index (κ1) is 13.0. The molecule has 2 amide bonds. The van der Waals surface area contributed by atoms with Crippen molar-refractivity contribution < 1.29 is 14.3 Å². The maximum absolute atomic E-state index is 11.6. The second kappa shape index (κ2) is 6.48. The van der Waals surface area contributed by atoms with Crippen LogP contribution in [0.5, 0.6) is 0 Å². The molecule has 0 aromatic rings. The van der Waals surface area contributed by atoms with Crippen molar-refractivity contribution in [2.45, 2.75) is 32.7 Å². The zero-order valence-electron chi connectivity index (χ0n) is 9.91. The van der Waals surface area contributed by atoms with E-state index in [2.05, 4.69) is 10.6 Å². The summed E-state index contributed by atoms with van der Waals surface area (Å²) in [5, 5.41) is 5.37. The fourth-order valence-corrected chi connectivity index (χ4v) is 1.64. The number of nitrogens with one attached hydrogen (secondary N) is 2. The lowest BCUT2D eigenvalue weighted by molar-refractivity contribution is -0.130. The molecular weight excluding hydrogens is 208 g/mol. The van der Waals surface area contributed by atoms with Crippen LogP contribution in [0.3, 0.4) is 0 Å². The van der Waals surface area contributed by atoms with Gasteiger partial charge in [0.25, 0.3) is 0 Å². The van der Waals surface area contributed by atoms with Gasteiger partial charge in [0.2, 0.25) is 11.8 Å². The number of carbonyl (C=O) groups is 2. The topological polar surface area (TPSA) is 67.4 Å². The van der Waals surface area contributed by atoms with Crippen LogP contribution in [-0.2, 0) is 14.3 Å². The van der Waals surface area contributed by atoms with Gasteiger partial charge in [0, 0.05) is 25.2 Å². The number of rotatable bonds is 4. The van der Waals surface area contributed by atoms with Gasteiger partial charge in [-0.25, -0.2) is 0 Å². The molecule has 0 spiro atoms. The maximum atomic E-state index is 11.6. The summed E-state index contributed by atoms with van der Waals surface area (Å²) < 4.78 is 5.17. The van der Waals surface area contributed by atoms with Gasteiger partial charge in [-0.15, -0.1) is 0 Å². The second-order valence-electron chi connectivity index (χ2n) is 4.33. The molecule has 0 radical (unpaired) electrons. The van der Waals surface area contributed by atoms with Gasteiger partial charge in [0.05, 0.1) is 6.54 Å². The Morgan fingerprint density at radius 1 is 1.31 bits per heavy atom. The summed E-state index contributed by atoms with van der Waals surface area (Å²) in [7, 11) is 0. The summed E-state index contributed by atoms with van der Waals surface area (Å²) in [4.78, 5) is 22.9. The lowest BCUT2D eigenvalue weighted by Gasteiger charge is -2.21. The van der Waals surface area contributed by atoms with Crippen molar-refractivity contribution in [3.8, 4) is 0 Å². The maximum Gasteiger partial charge on any atom is 0.239 e. The fraction of sp³-hybridized carbons (Fsp3) is 0.818. The monoisotopic (exact) mass is 228 g/mol. The summed E-state index contributed by atoms with van der Waals surface area (Å²) in [5.74, 6) is -0.182. The molecule has 0 atom stereocenters. The van der Waals surface area contributed by atoms with Gasteiger partial charge in [-0.2, -0.15) is 0 Å². The number of hydrogen-bond donors (Lipinski definition) is 2. The molecule has 0 bridgehead atoms. The van der Waals surface area contributed by atoms with Gasteiger partial charge in [-0.3, -0.25) is 9.59 Å². The third-order valence-corrected chi connectivity index (χ3v) is 2.46. The summed E-state index contributed by atoms with van der Waals surface area (Å²) in [5.41, 5.74) is 0. The number of amides is 2. The Bertz CT molecular complexity index is 248. The first-order chi connectivity index (χ1) is 7.59. The van der Waals surface area contributed by atoms with Crippen LogP contribution in [0.15, 0.2) is 0 Å². The zero-order valence-corrected chi connectivity index (χ0v) is 9.91. The van der Waals surface area contributed by atoms with E-state index in [9.17, 15) is 9.59 Å². The smallest absolute Gasteiger partial charge is 0.239 e. The van der Waals surface area contributed by atoms with E-state index in [0.717, 1.165) is 12.8 Å². The highest BCUT2D eigenvalue weighted by Crippen LogP contribution is 2.14. The third-order valence-electron chi connectivity index (χ3n) is 2.46. The van der Waals surface area contributed by atoms with Gasteiger partial charge in [0.15, 0.2) is 0 Å². The predicted molar refractivity (Wildman–Crippen MR) is 59.8 cm³/mol. The highest BCUT2D eigenvalue weighted by molar-refractivity contribution is 5.85. The molecule has 0 unspecified atom stereocenters. The molecule has 2 N–H and O–H groups in total. The molecule has 0 saturated carbocycles. The molecule has 1 heterocycles. The number of carbonyl (C=O) groups excluding carboxylic acids is 2. The molecular formula is C11H20N2O3. The average Bonchev–Trinajstić information content (AvgIpc) is 2.26. The first-order valence-electron chi connectivity index (χ1n) is 5.74. The van der Waals surface area contributed by atoms with Crippen LogP contribution in [0.25, 0.3) is 0 Å². The first-order valence-corrected chi connectivity index (χ1v) is 5.74. The van der Waals surface area contributed by atoms with Crippen molar-refractivity contribution in [1.82, 2.24) is 10.6 Å². The fourth-order valence-electron chi connectivity index (χ4n) is 1.64. The van der Waals surface area contributed by atoms with Crippen molar-refractivity contribution in [1.29, 1.82) is 0 Å². The molecule has 5 nitrogen and oxygen atoms in total. The van der Waals surface area contributed by atoms with E-state index in [1.807, 2.05) is 13.8 Å². The van der Waals surface area contributed by atoms with Crippen LogP contribution >= 0.6 is 0 Å². The van der Waals surface area contributed by atoms with Crippen LogP contribution in [0.1, 0.15) is 26.7 Å². The number of ether oxygens (including phenoxy) is 1. The van der Waals surface area contributed by atoms with Crippen LogP contribution in [-0.4, -0.2) is 37.6 Å². The molecule has 1 rings (SSSR count). The molecule has 0 aromatic heterocycles. The SMILES string of the molecule is CC(C)NC(=O)CNC(=O)C1CCOCC1. The Hall–Kier alpha value is -1.10. The standard InChI is InChI=1S/C11H20N2O3/c1-8(2)13-10(14)7-12-11(15)9-3-5-16-6-4-9/h8-9H,3-7H2,1-2H3,(H,12,15)(H,13,14). The van der Waals surface area contributed by atoms with Gasteiger partial charge in [0.1, 0.15) is 0 Å². The van der Waals surface area contributed by atoms with Crippen LogP contribution in [0, 0.1) is 5.92 Å². The lowest BCUT2D eigenvalue weighted by atomic mass is 9.99. The van der Waals surface area contributed by atoms with Crippen molar-refractivity contribution in [2.75, 3.05) is 19.8 Å². The highest BCUT2D eigenvalue weighted by atomic mass is 16.5. The number of hydrogen-bond acceptors (Lipinski definition) is 3. The van der Waals surface area contributed by atoms with Crippen LogP contribution in [0.2, 0.25) is 0 Å². The third kappa shape index (κ3) is 4.61. The average molecular weight is 228 g/mol. The summed E-state index contributed by atoms with van der Waals surface area (Å²) in [6.45, 7) is 5.11. The Morgan fingerprint density at radius 2 is 1.94 bits per heavy atom. The molecule has 0 aromatic carbocycles. The Labute approximate surface area is 95.9 Å². The summed E-state index contributed by atoms with van der Waals surface area (Å²) in [6.07, 6.45) is 1.50. The van der Waals surface area contributed by atoms with Crippen molar-refractivity contribution in [3.63, 3.8) is 0 Å². The summed E-state index contributed by atoms with van der Waals surface area (Å²) >= 11 is 0. The molecule has 1 saturated heterocycles. The molecule has 1 fully saturated rings. The Kier molecular flexibility index (Phi) is 5.25. The van der Waals surface area contributed by atoms with E-state index in [0.29, 0.717) is 13.2 Å². The minimum Gasteiger partial charge on any atom is -0.381 e. The zero-order chi connectivity index (χ0) is 12.0. The predicted octanol–water partition coefficient (Wildman–Crippen LogP) is 0.0538. The lowest BCUT2D eigenvalue weighted by Crippen LogP contribution is -2.42. The summed E-state index contributed by atoms with van der Waals surface area (Å²) in [6, 6.07) is 0.104. The van der Waals surface area contributed by atoms with E-state index in [4.69, 9.17) is 4.74 Å². The second-order valence-corrected chi connectivity index (χ2v) is 4.33. The highest BCUT2D eigenvalue weighted by Gasteiger charge is 2.21. The minimum absolute atomic E-state index is 0.000556. The van der Waals surface area contributed by atoms with Crippen molar-refractivity contribution >= 4 is 11.8 Å². The Balaban J connectivity index is 2.21. The Morgan fingerprint density at radius 3 is 2.50 bits per heavy atom. The largest absolute Gasteiger partial charge is 0.381 e. The van der Waals surface area contributed by atoms with E-state index in [1.54, 1.807) is 0 Å². The van der Waals surface area contributed by atoms with Crippen molar-refractivity contribution in [3.05, 3.63) is 0 Å². The minimum atomic E-state index is -0.143. The van der Waals surface area contributed by atoms with E-state index < -0.39 is 0 Å². The van der Waals surface area contributed by atoms with Crippen molar-refractivity contribution in [2.24, 2.45) is 5.92 Å². The van der Waals surface area contributed by atoms with Crippen LogP contribution < -0.4 is 10.6 Å². The van der Waals surface area contributed by atoms with Gasteiger partial charge in [-0.05, 0) is 26.7 Å². The van der Waals surface area contributed by atoms with E-state index >= 15 is 0 Å². The van der Waals surface area contributed by atoms with E-state index in [-0.39, 0.29) is 30.3 Å². The quantitative estimate of drug-likeness (QED) is 0.714.